The SMILES string of the molecule is CC.CC#Cc1ccc(C2=NOC(C[C@](C)(C(=O)NO)S(C)=O)C2)c(F)c1. The van der Waals surface area contributed by atoms with Crippen molar-refractivity contribution in [2.24, 2.45) is 5.16 Å². The Morgan fingerprint density at radius 2 is 2.19 bits per heavy atom. The van der Waals surface area contributed by atoms with Crippen molar-refractivity contribution in [2.45, 2.75) is 51.4 Å². The number of carbonyl (C=O) groups excluding carboxylic acids is 1. The van der Waals surface area contributed by atoms with Gasteiger partial charge in [0, 0.05) is 41.0 Å². The summed E-state index contributed by atoms with van der Waals surface area (Å²) in [4.78, 5) is 17.1. The summed E-state index contributed by atoms with van der Waals surface area (Å²) in [5.74, 6) is 4.25. The van der Waals surface area contributed by atoms with E-state index in [2.05, 4.69) is 17.0 Å². The van der Waals surface area contributed by atoms with E-state index in [1.54, 1.807) is 19.1 Å². The summed E-state index contributed by atoms with van der Waals surface area (Å²) in [5.41, 5.74) is 2.81. The minimum Gasteiger partial charge on any atom is -0.392 e. The number of hydrogen-bond acceptors (Lipinski definition) is 5. The molecule has 1 aromatic rings. The molecule has 0 fully saturated rings. The maximum absolute atomic E-state index is 14.3. The minimum atomic E-state index is -1.55. The number of hydroxylamine groups is 1. The van der Waals surface area contributed by atoms with Gasteiger partial charge >= 0.3 is 0 Å². The molecule has 1 aliphatic heterocycles. The standard InChI is InChI=1S/C17H19FN2O4S.C2H6/c1-4-5-11-6-7-13(14(18)8-11)15-9-12(24-20-15)10-17(2,25(3)23)16(21)19-22;1-2/h6-8,12,22H,9-10H2,1-3H3,(H,19,21);1-2H3/t12?,17-,25?;/m1./s1. The summed E-state index contributed by atoms with van der Waals surface area (Å²) in [6, 6.07) is 4.60. The third-order valence-corrected chi connectivity index (χ3v) is 5.74. The third kappa shape index (κ3) is 5.37. The highest BCUT2D eigenvalue weighted by Gasteiger charge is 2.42. The molecule has 1 aliphatic rings. The van der Waals surface area contributed by atoms with Crippen molar-refractivity contribution in [3.63, 3.8) is 0 Å². The van der Waals surface area contributed by atoms with Gasteiger partial charge in [0.25, 0.3) is 5.91 Å². The van der Waals surface area contributed by atoms with Gasteiger partial charge in [0.15, 0.2) is 0 Å². The summed E-state index contributed by atoms with van der Waals surface area (Å²) >= 11 is 0. The predicted octanol–water partition coefficient (Wildman–Crippen LogP) is 2.75. The Morgan fingerprint density at radius 3 is 2.70 bits per heavy atom. The van der Waals surface area contributed by atoms with Gasteiger partial charge in [0.05, 0.1) is 5.71 Å². The summed E-state index contributed by atoms with van der Waals surface area (Å²) in [6.45, 7) is 7.14. The van der Waals surface area contributed by atoms with Gasteiger partial charge in [0.1, 0.15) is 16.7 Å². The zero-order chi connectivity index (χ0) is 20.6. The molecule has 0 saturated carbocycles. The average molecular weight is 396 g/mol. The van der Waals surface area contributed by atoms with Gasteiger partial charge in [-0.15, -0.1) is 5.92 Å². The Labute approximate surface area is 161 Å². The molecule has 0 aliphatic carbocycles. The van der Waals surface area contributed by atoms with Gasteiger partial charge in [-0.25, -0.2) is 9.87 Å². The van der Waals surface area contributed by atoms with Crippen LogP contribution in [0.15, 0.2) is 23.4 Å². The molecule has 148 valence electrons. The molecule has 2 rings (SSSR count). The molecule has 0 radical (unpaired) electrons. The largest absolute Gasteiger partial charge is 0.392 e. The molecule has 0 bridgehead atoms. The maximum atomic E-state index is 14.3. The number of nitrogens with zero attached hydrogens (tertiary/aromatic N) is 1. The lowest BCUT2D eigenvalue weighted by atomic mass is 9.96. The quantitative estimate of drug-likeness (QED) is 0.455. The normalized spacial score (nSPS) is 18.5. The second-order valence-electron chi connectivity index (χ2n) is 5.87. The van der Waals surface area contributed by atoms with Crippen molar-refractivity contribution >= 4 is 22.4 Å². The number of carbonyl (C=O) groups is 1. The first-order valence-electron chi connectivity index (χ1n) is 8.55. The fourth-order valence-corrected chi connectivity index (χ4v) is 3.29. The molecule has 6 nitrogen and oxygen atoms in total. The number of oxime groups is 1. The number of amides is 1. The number of halogens is 1. The van der Waals surface area contributed by atoms with Crippen LogP contribution in [-0.4, -0.2) is 38.1 Å². The Kier molecular flexibility index (Phi) is 8.60. The van der Waals surface area contributed by atoms with Crippen LogP contribution in [0, 0.1) is 17.7 Å². The first-order chi connectivity index (χ1) is 12.8. The molecular weight excluding hydrogens is 371 g/mol. The molecule has 2 N–H and O–H groups in total. The van der Waals surface area contributed by atoms with Crippen LogP contribution in [0.3, 0.4) is 0 Å². The molecule has 0 aromatic heterocycles. The van der Waals surface area contributed by atoms with E-state index in [0.29, 0.717) is 16.8 Å². The van der Waals surface area contributed by atoms with Gasteiger partial charge in [0.2, 0.25) is 0 Å². The molecule has 27 heavy (non-hydrogen) atoms. The number of benzene rings is 1. The Bertz CT molecular complexity index is 801. The minimum absolute atomic E-state index is 0.0660. The van der Waals surface area contributed by atoms with E-state index in [1.807, 2.05) is 13.8 Å². The van der Waals surface area contributed by atoms with E-state index < -0.39 is 33.4 Å². The van der Waals surface area contributed by atoms with Gasteiger partial charge in [-0.05, 0) is 32.0 Å². The van der Waals surface area contributed by atoms with E-state index in [1.165, 1.54) is 24.7 Å². The van der Waals surface area contributed by atoms with Crippen molar-refractivity contribution in [3.8, 4) is 11.8 Å². The van der Waals surface area contributed by atoms with Crippen LogP contribution in [0.4, 0.5) is 4.39 Å². The van der Waals surface area contributed by atoms with Gasteiger partial charge in [-0.1, -0.05) is 24.9 Å². The fraction of sp³-hybridized carbons (Fsp3) is 0.474. The van der Waals surface area contributed by atoms with Gasteiger partial charge in [-0.2, -0.15) is 0 Å². The van der Waals surface area contributed by atoms with E-state index in [4.69, 9.17) is 10.0 Å². The molecule has 3 atom stereocenters. The zero-order valence-electron chi connectivity index (χ0n) is 16.1. The van der Waals surface area contributed by atoms with E-state index >= 15 is 0 Å². The molecule has 2 unspecified atom stereocenters. The highest BCUT2D eigenvalue weighted by molar-refractivity contribution is 7.86. The summed E-state index contributed by atoms with van der Waals surface area (Å²) in [5, 5.41) is 12.8. The highest BCUT2D eigenvalue weighted by atomic mass is 32.2. The first kappa shape index (κ1) is 22.8. The van der Waals surface area contributed by atoms with Crippen molar-refractivity contribution in [1.29, 1.82) is 0 Å². The van der Waals surface area contributed by atoms with Crippen molar-refractivity contribution in [2.75, 3.05) is 6.26 Å². The summed E-state index contributed by atoms with van der Waals surface area (Å²) in [6.07, 6.45) is 1.16. The van der Waals surface area contributed by atoms with Crippen LogP contribution in [0.2, 0.25) is 0 Å². The fourth-order valence-electron chi connectivity index (χ4n) is 2.56. The molecular formula is C19H25FN2O4S. The molecule has 0 spiro atoms. The summed E-state index contributed by atoms with van der Waals surface area (Å²) < 4.78 is 24.8. The number of hydrogen-bond donors (Lipinski definition) is 2. The van der Waals surface area contributed by atoms with E-state index in [-0.39, 0.29) is 12.8 Å². The second-order valence-corrected chi connectivity index (χ2v) is 7.68. The number of nitrogens with one attached hydrogen (secondary N) is 1. The van der Waals surface area contributed by atoms with Gasteiger partial charge in [-0.3, -0.25) is 14.2 Å². The van der Waals surface area contributed by atoms with Crippen LogP contribution < -0.4 is 5.48 Å². The monoisotopic (exact) mass is 396 g/mol. The smallest absolute Gasteiger partial charge is 0.262 e. The molecule has 8 heteroatoms. The molecule has 1 amide bonds. The second kappa shape index (κ2) is 10.2. The highest BCUT2D eigenvalue weighted by Crippen LogP contribution is 2.28. The topological polar surface area (TPSA) is 88.0 Å². The lowest BCUT2D eigenvalue weighted by molar-refractivity contribution is -0.132. The third-order valence-electron chi connectivity index (χ3n) is 4.12. The first-order valence-corrected chi connectivity index (χ1v) is 10.1. The molecule has 1 aromatic carbocycles. The van der Waals surface area contributed by atoms with Crippen molar-refractivity contribution < 1.29 is 23.4 Å². The molecule has 0 saturated heterocycles. The van der Waals surface area contributed by atoms with Crippen LogP contribution in [0.25, 0.3) is 0 Å². The van der Waals surface area contributed by atoms with Crippen molar-refractivity contribution in [1.82, 2.24) is 5.48 Å². The van der Waals surface area contributed by atoms with Crippen molar-refractivity contribution in [3.05, 3.63) is 35.1 Å². The lowest BCUT2D eigenvalue weighted by Crippen LogP contribution is -2.48. The van der Waals surface area contributed by atoms with Crippen LogP contribution >= 0.6 is 0 Å². The van der Waals surface area contributed by atoms with Crippen LogP contribution in [-0.2, 0) is 20.4 Å². The number of rotatable bonds is 5. The Balaban J connectivity index is 0.00000176. The van der Waals surface area contributed by atoms with Gasteiger partial charge < -0.3 is 4.84 Å². The van der Waals surface area contributed by atoms with E-state index in [0.717, 1.165) is 0 Å². The average Bonchev–Trinajstić information content (AvgIpc) is 3.10. The van der Waals surface area contributed by atoms with E-state index in [9.17, 15) is 13.4 Å². The maximum Gasteiger partial charge on any atom is 0.262 e. The Morgan fingerprint density at radius 1 is 1.52 bits per heavy atom. The lowest BCUT2D eigenvalue weighted by Gasteiger charge is -2.26. The zero-order valence-corrected chi connectivity index (χ0v) is 16.9. The predicted molar refractivity (Wildman–Crippen MR) is 103 cm³/mol. The molecule has 1 heterocycles. The van der Waals surface area contributed by atoms with Crippen LogP contribution in [0.1, 0.15) is 51.7 Å². The summed E-state index contributed by atoms with van der Waals surface area (Å²) in [7, 11) is -1.55. The Hall–Kier alpha value is -2.24. The van der Waals surface area contributed by atoms with Crippen LogP contribution in [0.5, 0.6) is 0 Å².